The molecule has 0 spiro atoms. The van der Waals surface area contributed by atoms with Crippen molar-refractivity contribution in [3.05, 3.63) is 48.7 Å². The second kappa shape index (κ2) is 10.6. The Balaban J connectivity index is 2.15. The highest BCUT2D eigenvalue weighted by Crippen LogP contribution is 2.40. The van der Waals surface area contributed by atoms with E-state index in [1.54, 1.807) is 6.92 Å². The van der Waals surface area contributed by atoms with Gasteiger partial charge in [0.2, 0.25) is 5.88 Å². The van der Waals surface area contributed by atoms with Gasteiger partial charge in [-0.3, -0.25) is 23.9 Å². The molecule has 3 rings (SSSR count). The number of hydrogen-bond donors (Lipinski definition) is 1. The van der Waals surface area contributed by atoms with Crippen LogP contribution >= 0.6 is 15.9 Å². The van der Waals surface area contributed by atoms with Gasteiger partial charge < -0.3 is 5.11 Å². The van der Waals surface area contributed by atoms with Gasteiger partial charge in [0.1, 0.15) is 23.4 Å². The fraction of sp³-hybridized carbons (Fsp3) is 0.375. The van der Waals surface area contributed by atoms with Crippen molar-refractivity contribution in [2.45, 2.75) is 53.0 Å². The molecular weight excluding hydrogens is 516 g/mol. The number of nitrogens with zero attached hydrogens (tertiary/aromatic N) is 6. The molecule has 1 N–H and O–H groups in total. The van der Waals surface area contributed by atoms with E-state index in [-0.39, 0.29) is 56.8 Å². The number of halogens is 1. The Bertz CT molecular complexity index is 1400. The van der Waals surface area contributed by atoms with Crippen LogP contribution in [0.3, 0.4) is 0 Å². The zero-order valence-electron chi connectivity index (χ0n) is 19.6. The molecule has 1 aliphatic rings. The van der Waals surface area contributed by atoms with Gasteiger partial charge in [-0.15, -0.1) is 10.2 Å². The maximum absolute atomic E-state index is 13.1. The van der Waals surface area contributed by atoms with Crippen LogP contribution in [0.4, 0.5) is 11.4 Å². The lowest BCUT2D eigenvalue weighted by Gasteiger charge is -2.13. The lowest BCUT2D eigenvalue weighted by Crippen LogP contribution is -2.29. The quantitative estimate of drug-likeness (QED) is 0.284. The van der Waals surface area contributed by atoms with Crippen molar-refractivity contribution in [3.8, 4) is 18.0 Å². The summed E-state index contributed by atoms with van der Waals surface area (Å²) in [5.41, 5.74) is -0.632. The van der Waals surface area contributed by atoms with E-state index in [2.05, 4.69) is 33.1 Å². The first kappa shape index (κ1) is 25.8. The van der Waals surface area contributed by atoms with Crippen LogP contribution in [0.15, 0.2) is 25.6 Å². The number of nitriles is 2. The predicted octanol–water partition coefficient (Wildman–Crippen LogP) is 4.98. The number of rotatable bonds is 8. The van der Waals surface area contributed by atoms with Crippen LogP contribution in [0.25, 0.3) is 0 Å². The molecule has 0 fully saturated rings. The number of hydrogen-bond acceptors (Lipinski definition) is 8. The van der Waals surface area contributed by atoms with Crippen molar-refractivity contribution >= 4 is 39.1 Å². The van der Waals surface area contributed by atoms with Crippen LogP contribution in [-0.4, -0.2) is 32.9 Å². The second-order valence-electron chi connectivity index (χ2n) is 7.98. The first-order chi connectivity index (χ1) is 16.7. The van der Waals surface area contributed by atoms with Crippen molar-refractivity contribution in [2.24, 2.45) is 10.2 Å². The summed E-state index contributed by atoms with van der Waals surface area (Å²) in [5.74, 6) is -1.46. The first-order valence-corrected chi connectivity index (χ1v) is 11.9. The van der Waals surface area contributed by atoms with Gasteiger partial charge in [0.15, 0.2) is 5.69 Å². The number of pyridine rings is 1. The number of carbonyl (C=O) groups is 2. The molecule has 0 saturated heterocycles. The Kier molecular flexibility index (Phi) is 7.82. The molecule has 0 saturated carbocycles. The summed E-state index contributed by atoms with van der Waals surface area (Å²) in [6, 6.07) is 5.12. The minimum absolute atomic E-state index is 0.0182. The van der Waals surface area contributed by atoms with Gasteiger partial charge in [-0.05, 0) is 42.3 Å². The Morgan fingerprint density at radius 2 is 1.71 bits per heavy atom. The van der Waals surface area contributed by atoms with E-state index in [0.717, 1.165) is 28.7 Å². The molecule has 35 heavy (non-hydrogen) atoms. The molecule has 0 unspecified atom stereocenters. The first-order valence-electron chi connectivity index (χ1n) is 11.1. The number of benzene rings is 1. The highest BCUT2D eigenvalue weighted by Gasteiger charge is 2.38. The molecule has 1 aromatic carbocycles. The Morgan fingerprint density at radius 3 is 2.31 bits per heavy atom. The zero-order valence-corrected chi connectivity index (χ0v) is 21.1. The van der Waals surface area contributed by atoms with Crippen molar-refractivity contribution in [1.82, 2.24) is 9.47 Å². The summed E-state index contributed by atoms with van der Waals surface area (Å²) in [4.78, 5) is 39.4. The summed E-state index contributed by atoms with van der Waals surface area (Å²) in [7, 11) is 0. The van der Waals surface area contributed by atoms with Crippen LogP contribution in [0, 0.1) is 29.6 Å². The Hall–Kier alpha value is -3.83. The maximum Gasteiger partial charge on any atom is 0.281 e. The van der Waals surface area contributed by atoms with Gasteiger partial charge in [0.25, 0.3) is 17.4 Å². The summed E-state index contributed by atoms with van der Waals surface area (Å²) >= 11 is 3.28. The standard InChI is InChI=1S/C24H23BrN6O4/c1-4-6-7-8-9-31-22(33)16(12-27)13(3)19(24(31)35)28-29-20-14(11-26)10-15-17(18(20)25)23(34)30(5-2)21(15)32/h10,33H,4-9H2,1-3H3. The SMILES string of the molecule is CCCCCCn1c(O)c(C#N)c(C)c(N=Nc2c(C#N)cc3c(c2Br)C(=O)N(CC)C3=O)c1=O. The van der Waals surface area contributed by atoms with Gasteiger partial charge in [0, 0.05) is 18.7 Å². The molecule has 180 valence electrons. The predicted molar refractivity (Wildman–Crippen MR) is 130 cm³/mol. The average molecular weight is 539 g/mol. The minimum Gasteiger partial charge on any atom is -0.493 e. The minimum atomic E-state index is -0.626. The number of azo groups is 1. The number of unbranched alkanes of at least 4 members (excludes halogenated alkanes) is 3. The van der Waals surface area contributed by atoms with E-state index in [9.17, 15) is 30.0 Å². The monoisotopic (exact) mass is 538 g/mol. The number of carbonyl (C=O) groups excluding carboxylic acids is 2. The number of imide groups is 1. The average Bonchev–Trinajstić information content (AvgIpc) is 3.08. The number of amides is 2. The largest absolute Gasteiger partial charge is 0.493 e. The van der Waals surface area contributed by atoms with Crippen LogP contribution in [0.5, 0.6) is 5.88 Å². The molecule has 11 heteroatoms. The van der Waals surface area contributed by atoms with Crippen molar-refractivity contribution in [2.75, 3.05) is 6.54 Å². The summed E-state index contributed by atoms with van der Waals surface area (Å²) < 4.78 is 1.21. The third-order valence-electron chi connectivity index (χ3n) is 5.87. The summed E-state index contributed by atoms with van der Waals surface area (Å²) in [6.45, 7) is 5.56. The fourth-order valence-electron chi connectivity index (χ4n) is 3.92. The zero-order chi connectivity index (χ0) is 25.9. The normalized spacial score (nSPS) is 12.8. The molecule has 2 heterocycles. The molecule has 0 aliphatic carbocycles. The highest BCUT2D eigenvalue weighted by atomic mass is 79.9. The van der Waals surface area contributed by atoms with E-state index in [1.807, 2.05) is 12.1 Å². The molecule has 1 aromatic heterocycles. The molecule has 0 atom stereocenters. The van der Waals surface area contributed by atoms with Gasteiger partial charge in [0.05, 0.1) is 21.2 Å². The third kappa shape index (κ3) is 4.47. The maximum atomic E-state index is 13.1. The molecular formula is C24H23BrN6O4. The third-order valence-corrected chi connectivity index (χ3v) is 6.64. The Morgan fingerprint density at radius 1 is 1.03 bits per heavy atom. The highest BCUT2D eigenvalue weighted by molar-refractivity contribution is 9.10. The molecule has 2 amide bonds. The van der Waals surface area contributed by atoms with Crippen molar-refractivity contribution in [1.29, 1.82) is 10.5 Å². The van der Waals surface area contributed by atoms with Gasteiger partial charge in [-0.2, -0.15) is 10.5 Å². The molecule has 0 bridgehead atoms. The summed E-state index contributed by atoms with van der Waals surface area (Å²) in [5, 5.41) is 37.8. The van der Waals surface area contributed by atoms with Crippen molar-refractivity contribution in [3.63, 3.8) is 0 Å². The van der Waals surface area contributed by atoms with Gasteiger partial charge >= 0.3 is 0 Å². The van der Waals surface area contributed by atoms with Crippen LogP contribution in [0.1, 0.15) is 76.9 Å². The van der Waals surface area contributed by atoms with E-state index >= 15 is 0 Å². The van der Waals surface area contributed by atoms with E-state index in [0.29, 0.717) is 6.42 Å². The van der Waals surface area contributed by atoms with E-state index in [1.165, 1.54) is 13.0 Å². The lowest BCUT2D eigenvalue weighted by atomic mass is 10.0. The molecule has 2 aromatic rings. The smallest absolute Gasteiger partial charge is 0.281 e. The molecule has 0 radical (unpaired) electrons. The van der Waals surface area contributed by atoms with Crippen LogP contribution < -0.4 is 5.56 Å². The lowest BCUT2D eigenvalue weighted by molar-refractivity contribution is 0.0662. The Labute approximate surface area is 210 Å². The molecule has 1 aliphatic heterocycles. The van der Waals surface area contributed by atoms with Gasteiger partial charge in [-0.25, -0.2) is 0 Å². The summed E-state index contributed by atoms with van der Waals surface area (Å²) in [6.07, 6.45) is 3.45. The second-order valence-corrected chi connectivity index (χ2v) is 8.77. The van der Waals surface area contributed by atoms with Crippen molar-refractivity contribution < 1.29 is 14.7 Å². The van der Waals surface area contributed by atoms with Crippen LogP contribution in [-0.2, 0) is 6.54 Å². The fourth-order valence-corrected chi connectivity index (χ4v) is 4.60. The topological polar surface area (TPSA) is 152 Å². The van der Waals surface area contributed by atoms with E-state index < -0.39 is 23.3 Å². The molecule has 10 nitrogen and oxygen atoms in total. The van der Waals surface area contributed by atoms with E-state index in [4.69, 9.17) is 0 Å². The van der Waals surface area contributed by atoms with Crippen LogP contribution in [0.2, 0.25) is 0 Å². The number of aromatic nitrogens is 1. The number of aromatic hydroxyl groups is 1. The van der Waals surface area contributed by atoms with Gasteiger partial charge in [-0.1, -0.05) is 26.2 Å². The number of fused-ring (bicyclic) bond motifs is 1.